The van der Waals surface area contributed by atoms with Gasteiger partial charge < -0.3 is 14.2 Å². The molecule has 2 aromatic carbocycles. The molecular formula is C22H29O3P. The highest BCUT2D eigenvalue weighted by molar-refractivity contribution is 7.68. The Kier molecular flexibility index (Phi) is 5.21. The molecule has 0 saturated carbocycles. The highest BCUT2D eigenvalue weighted by atomic mass is 31.1. The molecule has 0 bridgehead atoms. The van der Waals surface area contributed by atoms with E-state index in [2.05, 4.69) is 52.8 Å². The molecule has 0 amide bonds. The highest BCUT2D eigenvalue weighted by Gasteiger charge is 2.44. The summed E-state index contributed by atoms with van der Waals surface area (Å²) in [5.74, 6) is 3.35. The van der Waals surface area contributed by atoms with Crippen molar-refractivity contribution in [3.63, 3.8) is 0 Å². The van der Waals surface area contributed by atoms with Crippen LogP contribution in [0.5, 0.6) is 17.2 Å². The Balaban J connectivity index is 2.29. The third-order valence-electron chi connectivity index (χ3n) is 4.73. The van der Waals surface area contributed by atoms with Crippen molar-refractivity contribution in [2.45, 2.75) is 45.6 Å². The van der Waals surface area contributed by atoms with Crippen molar-refractivity contribution < 1.29 is 14.2 Å². The molecule has 1 heterocycles. The Bertz CT molecular complexity index is 770. The van der Waals surface area contributed by atoms with Crippen LogP contribution >= 0.6 is 7.92 Å². The van der Waals surface area contributed by atoms with Crippen LogP contribution in [0.4, 0.5) is 0 Å². The predicted molar refractivity (Wildman–Crippen MR) is 111 cm³/mol. The molecule has 1 aliphatic heterocycles. The van der Waals surface area contributed by atoms with Crippen LogP contribution in [0.2, 0.25) is 0 Å². The van der Waals surface area contributed by atoms with Crippen molar-refractivity contribution in [2.75, 3.05) is 14.2 Å². The van der Waals surface area contributed by atoms with Crippen molar-refractivity contribution in [2.24, 2.45) is 5.92 Å². The first-order valence-corrected chi connectivity index (χ1v) is 10.5. The van der Waals surface area contributed by atoms with Gasteiger partial charge in [0.2, 0.25) is 0 Å². The molecule has 26 heavy (non-hydrogen) atoms. The first-order valence-electron chi connectivity index (χ1n) is 9.10. The van der Waals surface area contributed by atoms with E-state index in [4.69, 9.17) is 14.2 Å². The summed E-state index contributed by atoms with van der Waals surface area (Å²) < 4.78 is 17.8. The Labute approximate surface area is 158 Å². The van der Waals surface area contributed by atoms with Gasteiger partial charge in [-0.1, -0.05) is 52.8 Å². The SMILES string of the molecule is COc1cccc(OC)c1-c1cccc2c1[P@](C(C)(C)C)C(C(C)C)O2. The van der Waals surface area contributed by atoms with Gasteiger partial charge in [-0.15, -0.1) is 0 Å². The van der Waals surface area contributed by atoms with Gasteiger partial charge in [0.05, 0.1) is 19.8 Å². The van der Waals surface area contributed by atoms with Gasteiger partial charge in [0.25, 0.3) is 0 Å². The molecule has 0 aliphatic carbocycles. The van der Waals surface area contributed by atoms with Crippen molar-refractivity contribution in [1.82, 2.24) is 0 Å². The van der Waals surface area contributed by atoms with Crippen molar-refractivity contribution in [3.8, 4) is 28.4 Å². The molecule has 3 rings (SSSR count). The van der Waals surface area contributed by atoms with Crippen LogP contribution in [0.1, 0.15) is 34.6 Å². The molecule has 0 saturated heterocycles. The van der Waals surface area contributed by atoms with Crippen molar-refractivity contribution in [1.29, 1.82) is 0 Å². The molecule has 0 N–H and O–H groups in total. The molecule has 2 aromatic rings. The lowest BCUT2D eigenvalue weighted by Gasteiger charge is -2.34. The molecule has 4 heteroatoms. The van der Waals surface area contributed by atoms with Crippen molar-refractivity contribution in [3.05, 3.63) is 36.4 Å². The third-order valence-corrected chi connectivity index (χ3v) is 8.33. The summed E-state index contributed by atoms with van der Waals surface area (Å²) in [5, 5.41) is 1.47. The second kappa shape index (κ2) is 7.12. The maximum atomic E-state index is 6.46. The fourth-order valence-electron chi connectivity index (χ4n) is 3.65. The number of rotatable bonds is 4. The smallest absolute Gasteiger partial charge is 0.130 e. The quantitative estimate of drug-likeness (QED) is 0.649. The van der Waals surface area contributed by atoms with Crippen LogP contribution in [0.15, 0.2) is 36.4 Å². The van der Waals surface area contributed by atoms with Gasteiger partial charge in [0.15, 0.2) is 0 Å². The lowest BCUT2D eigenvalue weighted by molar-refractivity contribution is 0.240. The monoisotopic (exact) mass is 372 g/mol. The van der Waals surface area contributed by atoms with Crippen LogP contribution in [0.25, 0.3) is 11.1 Å². The predicted octanol–water partition coefficient (Wildman–Crippen LogP) is 5.65. The summed E-state index contributed by atoms with van der Waals surface area (Å²) in [7, 11) is 2.90. The van der Waals surface area contributed by atoms with E-state index >= 15 is 0 Å². The highest BCUT2D eigenvalue weighted by Crippen LogP contribution is 2.62. The van der Waals surface area contributed by atoms with E-state index in [1.165, 1.54) is 10.9 Å². The third kappa shape index (κ3) is 3.18. The van der Waals surface area contributed by atoms with E-state index in [1.807, 2.05) is 18.2 Å². The Morgan fingerprint density at radius 3 is 2.04 bits per heavy atom. The Hall–Kier alpha value is -1.73. The zero-order valence-electron chi connectivity index (χ0n) is 16.8. The first kappa shape index (κ1) is 19.0. The summed E-state index contributed by atoms with van der Waals surface area (Å²) in [4.78, 5) is 0. The van der Waals surface area contributed by atoms with Gasteiger partial charge in [-0.25, -0.2) is 0 Å². The Morgan fingerprint density at radius 1 is 0.962 bits per heavy atom. The molecule has 1 aliphatic rings. The van der Waals surface area contributed by atoms with E-state index in [0.29, 0.717) is 5.92 Å². The fourth-order valence-corrected chi connectivity index (χ4v) is 6.96. The topological polar surface area (TPSA) is 27.7 Å². The van der Waals surface area contributed by atoms with Gasteiger partial charge in [0.1, 0.15) is 23.1 Å². The first-order chi connectivity index (χ1) is 12.3. The van der Waals surface area contributed by atoms with Crippen LogP contribution in [-0.2, 0) is 0 Å². The summed E-state index contributed by atoms with van der Waals surface area (Å²) >= 11 is 0. The normalized spacial score (nSPS) is 19.2. The maximum absolute atomic E-state index is 6.46. The summed E-state index contributed by atoms with van der Waals surface area (Å²) in [6.07, 6.45) is 0. The maximum Gasteiger partial charge on any atom is 0.130 e. The van der Waals surface area contributed by atoms with E-state index in [9.17, 15) is 0 Å². The number of hydrogen-bond donors (Lipinski definition) is 0. The van der Waals surface area contributed by atoms with Crippen LogP contribution in [0.3, 0.4) is 0 Å². The number of fused-ring (bicyclic) bond motifs is 1. The molecule has 0 aromatic heterocycles. The standard InChI is InChI=1S/C22H29O3P/c1-14(2)21-25-18-13-8-10-15(20(18)26(21)22(3,4)5)19-16(23-6)11-9-12-17(19)24-7/h8-14,21H,1-7H3/t21?,26-/m0/s1. The average molecular weight is 372 g/mol. The Morgan fingerprint density at radius 2 is 1.54 bits per heavy atom. The summed E-state index contributed by atoms with van der Waals surface area (Å²) in [6, 6.07) is 12.3. The molecule has 2 atom stereocenters. The second-order valence-electron chi connectivity index (χ2n) is 7.98. The minimum Gasteiger partial charge on any atom is -0.496 e. The van der Waals surface area contributed by atoms with Gasteiger partial charge >= 0.3 is 0 Å². The van der Waals surface area contributed by atoms with E-state index in [0.717, 1.165) is 22.8 Å². The van der Waals surface area contributed by atoms with Gasteiger partial charge in [-0.05, 0) is 37.2 Å². The number of hydrogen-bond acceptors (Lipinski definition) is 3. The van der Waals surface area contributed by atoms with Crippen LogP contribution < -0.4 is 19.5 Å². The zero-order valence-corrected chi connectivity index (χ0v) is 17.7. The lowest BCUT2D eigenvalue weighted by Crippen LogP contribution is -2.28. The number of benzene rings is 2. The number of ether oxygens (including phenoxy) is 3. The summed E-state index contributed by atoms with van der Waals surface area (Å²) in [5.41, 5.74) is 2.18. The zero-order chi connectivity index (χ0) is 19.1. The largest absolute Gasteiger partial charge is 0.496 e. The molecule has 0 radical (unpaired) electrons. The average Bonchev–Trinajstić information content (AvgIpc) is 3.01. The summed E-state index contributed by atoms with van der Waals surface area (Å²) in [6.45, 7) is 11.5. The number of methoxy groups -OCH3 is 2. The van der Waals surface area contributed by atoms with Gasteiger partial charge in [0, 0.05) is 10.9 Å². The molecule has 3 nitrogen and oxygen atoms in total. The van der Waals surface area contributed by atoms with E-state index < -0.39 is 7.92 Å². The molecule has 140 valence electrons. The minimum absolute atomic E-state index is 0.140. The van der Waals surface area contributed by atoms with Gasteiger partial charge in [-0.3, -0.25) is 0 Å². The van der Waals surface area contributed by atoms with E-state index in [-0.39, 0.29) is 11.0 Å². The van der Waals surface area contributed by atoms with Gasteiger partial charge in [-0.2, -0.15) is 0 Å². The van der Waals surface area contributed by atoms with E-state index in [1.54, 1.807) is 14.2 Å². The second-order valence-corrected chi connectivity index (χ2v) is 11.0. The molecule has 1 unspecified atom stereocenters. The fraction of sp³-hybridized carbons (Fsp3) is 0.455. The van der Waals surface area contributed by atoms with Crippen molar-refractivity contribution >= 4 is 13.2 Å². The lowest BCUT2D eigenvalue weighted by atomic mass is 10.0. The van der Waals surface area contributed by atoms with Crippen LogP contribution in [-0.4, -0.2) is 25.2 Å². The minimum atomic E-state index is -0.517. The molecule has 0 spiro atoms. The van der Waals surface area contributed by atoms with Crippen LogP contribution in [0, 0.1) is 5.92 Å². The molecule has 0 fully saturated rings. The molecular weight excluding hydrogens is 343 g/mol.